The maximum absolute atomic E-state index is 10.4. The van der Waals surface area contributed by atoms with Crippen LogP contribution in [0.25, 0.3) is 0 Å². The number of carbonyl (C=O) groups is 1. The monoisotopic (exact) mass is 244 g/mol. The number of anilines is 1. The molecule has 4 nitrogen and oxygen atoms in total. The Hall–Kier alpha value is -1.07. The van der Waals surface area contributed by atoms with Crippen molar-refractivity contribution in [1.29, 1.82) is 0 Å². The molecule has 0 aliphatic heterocycles. The quantitative estimate of drug-likeness (QED) is 0.555. The Labute approximate surface area is 83.8 Å². The fourth-order valence-corrected chi connectivity index (χ4v) is 1.36. The number of rotatable bonds is 3. The molecule has 4 N–H and O–H groups in total. The Morgan fingerprint density at radius 1 is 1.62 bits per heavy atom. The van der Waals surface area contributed by atoms with Crippen LogP contribution in [0.15, 0.2) is 22.7 Å². The number of hydrazine groups is 1. The van der Waals surface area contributed by atoms with E-state index < -0.39 is 5.97 Å². The van der Waals surface area contributed by atoms with E-state index in [4.69, 9.17) is 10.9 Å². The van der Waals surface area contributed by atoms with Crippen LogP contribution in [0.1, 0.15) is 5.56 Å². The van der Waals surface area contributed by atoms with E-state index in [1.165, 1.54) is 0 Å². The van der Waals surface area contributed by atoms with Crippen LogP contribution < -0.4 is 11.3 Å². The van der Waals surface area contributed by atoms with Crippen LogP contribution >= 0.6 is 15.9 Å². The molecular formula is C8H9BrN2O2. The summed E-state index contributed by atoms with van der Waals surface area (Å²) < 4.78 is 0.856. The van der Waals surface area contributed by atoms with Crippen molar-refractivity contribution < 1.29 is 9.90 Å². The molecule has 1 aromatic rings. The van der Waals surface area contributed by atoms with Crippen molar-refractivity contribution in [3.05, 3.63) is 28.2 Å². The molecule has 0 saturated carbocycles. The molecule has 0 aromatic heterocycles. The van der Waals surface area contributed by atoms with Crippen LogP contribution in [0.4, 0.5) is 5.69 Å². The van der Waals surface area contributed by atoms with Crippen molar-refractivity contribution in [1.82, 2.24) is 0 Å². The van der Waals surface area contributed by atoms with E-state index in [0.29, 0.717) is 11.3 Å². The van der Waals surface area contributed by atoms with E-state index in [1.54, 1.807) is 18.2 Å². The number of hydrogen-bond donors (Lipinski definition) is 3. The molecular weight excluding hydrogens is 236 g/mol. The minimum absolute atomic E-state index is 0.0349. The highest BCUT2D eigenvalue weighted by molar-refractivity contribution is 9.10. The molecule has 0 fully saturated rings. The van der Waals surface area contributed by atoms with Crippen LogP contribution in [-0.4, -0.2) is 11.1 Å². The molecule has 0 saturated heterocycles. The number of nitrogens with one attached hydrogen (secondary N) is 1. The maximum atomic E-state index is 10.4. The average molecular weight is 245 g/mol. The van der Waals surface area contributed by atoms with Crippen LogP contribution in [0, 0.1) is 0 Å². The Balaban J connectivity index is 2.99. The number of nitrogen functional groups attached to an aromatic ring is 1. The van der Waals surface area contributed by atoms with Gasteiger partial charge in [0, 0.05) is 4.47 Å². The van der Waals surface area contributed by atoms with Crippen LogP contribution in [0.3, 0.4) is 0 Å². The molecule has 13 heavy (non-hydrogen) atoms. The van der Waals surface area contributed by atoms with Gasteiger partial charge in [0.1, 0.15) is 0 Å². The first-order valence-corrected chi connectivity index (χ1v) is 4.39. The van der Waals surface area contributed by atoms with E-state index in [0.717, 1.165) is 4.47 Å². The summed E-state index contributed by atoms with van der Waals surface area (Å²) >= 11 is 3.26. The van der Waals surface area contributed by atoms with Crippen molar-refractivity contribution in [2.75, 3.05) is 5.43 Å². The van der Waals surface area contributed by atoms with Gasteiger partial charge in [-0.3, -0.25) is 10.6 Å². The number of halogens is 1. The average Bonchev–Trinajstić information content (AvgIpc) is 2.07. The first-order valence-electron chi connectivity index (χ1n) is 3.60. The van der Waals surface area contributed by atoms with Crippen molar-refractivity contribution in [3.8, 4) is 0 Å². The number of aliphatic carboxylic acids is 1. The predicted octanol–water partition coefficient (Wildman–Crippen LogP) is 1.36. The topological polar surface area (TPSA) is 75.3 Å². The molecule has 0 atom stereocenters. The molecule has 0 bridgehead atoms. The second-order valence-corrected chi connectivity index (χ2v) is 3.43. The van der Waals surface area contributed by atoms with Crippen LogP contribution in [-0.2, 0) is 11.2 Å². The van der Waals surface area contributed by atoms with Gasteiger partial charge in [0.05, 0.1) is 12.1 Å². The van der Waals surface area contributed by atoms with Crippen molar-refractivity contribution in [2.45, 2.75) is 6.42 Å². The molecule has 0 amide bonds. The molecule has 0 heterocycles. The van der Waals surface area contributed by atoms with Crippen molar-refractivity contribution >= 4 is 27.6 Å². The molecule has 1 rings (SSSR count). The largest absolute Gasteiger partial charge is 0.481 e. The molecule has 0 aliphatic carbocycles. The van der Waals surface area contributed by atoms with Gasteiger partial charge in [-0.05, 0) is 17.7 Å². The van der Waals surface area contributed by atoms with Gasteiger partial charge < -0.3 is 10.5 Å². The molecule has 70 valence electrons. The fraction of sp³-hybridized carbons (Fsp3) is 0.125. The number of benzene rings is 1. The normalized spacial score (nSPS) is 9.69. The number of nitrogens with two attached hydrogens (primary N) is 1. The molecule has 5 heteroatoms. The second-order valence-electron chi connectivity index (χ2n) is 2.52. The van der Waals surface area contributed by atoms with E-state index >= 15 is 0 Å². The molecule has 0 spiro atoms. The number of carboxylic acid groups (broad SMARTS) is 1. The summed E-state index contributed by atoms with van der Waals surface area (Å²) in [6.45, 7) is 0. The van der Waals surface area contributed by atoms with Gasteiger partial charge in [0.15, 0.2) is 0 Å². The van der Waals surface area contributed by atoms with Gasteiger partial charge in [-0.2, -0.15) is 0 Å². The third-order valence-corrected chi connectivity index (χ3v) is 2.06. The Kier molecular flexibility index (Phi) is 3.27. The van der Waals surface area contributed by atoms with E-state index in [9.17, 15) is 4.79 Å². The lowest BCUT2D eigenvalue weighted by Gasteiger charge is -2.06. The third-order valence-electron chi connectivity index (χ3n) is 1.57. The summed E-state index contributed by atoms with van der Waals surface area (Å²) in [4.78, 5) is 10.4. The minimum atomic E-state index is -0.876. The van der Waals surface area contributed by atoms with E-state index in [2.05, 4.69) is 21.4 Å². The zero-order valence-corrected chi connectivity index (χ0v) is 8.34. The molecule has 0 radical (unpaired) electrons. The van der Waals surface area contributed by atoms with Crippen LogP contribution in [0.5, 0.6) is 0 Å². The Morgan fingerprint density at radius 2 is 2.31 bits per heavy atom. The smallest absolute Gasteiger partial charge is 0.307 e. The first-order chi connectivity index (χ1) is 6.13. The molecule has 1 aromatic carbocycles. The minimum Gasteiger partial charge on any atom is -0.481 e. The van der Waals surface area contributed by atoms with Gasteiger partial charge >= 0.3 is 5.97 Å². The zero-order chi connectivity index (χ0) is 9.84. The number of hydrogen-bond acceptors (Lipinski definition) is 3. The summed E-state index contributed by atoms with van der Waals surface area (Å²) in [6.07, 6.45) is -0.0349. The Bertz CT molecular complexity index is 328. The number of carboxylic acids is 1. The Morgan fingerprint density at radius 3 is 2.85 bits per heavy atom. The SMILES string of the molecule is NNc1cc(Br)ccc1CC(=O)O. The fourth-order valence-electron chi connectivity index (χ4n) is 1.00. The highest BCUT2D eigenvalue weighted by Gasteiger charge is 2.05. The zero-order valence-electron chi connectivity index (χ0n) is 6.75. The predicted molar refractivity (Wildman–Crippen MR) is 53.3 cm³/mol. The van der Waals surface area contributed by atoms with Crippen molar-refractivity contribution in [3.63, 3.8) is 0 Å². The summed E-state index contributed by atoms with van der Waals surface area (Å²) in [5.41, 5.74) is 3.74. The van der Waals surface area contributed by atoms with E-state index in [-0.39, 0.29) is 6.42 Å². The second kappa shape index (κ2) is 4.25. The highest BCUT2D eigenvalue weighted by atomic mass is 79.9. The van der Waals surface area contributed by atoms with Gasteiger partial charge in [-0.25, -0.2) is 0 Å². The molecule has 0 unspecified atom stereocenters. The maximum Gasteiger partial charge on any atom is 0.307 e. The van der Waals surface area contributed by atoms with Crippen molar-refractivity contribution in [2.24, 2.45) is 5.84 Å². The summed E-state index contributed by atoms with van der Waals surface area (Å²) in [5, 5.41) is 8.58. The summed E-state index contributed by atoms with van der Waals surface area (Å²) in [6, 6.07) is 5.23. The highest BCUT2D eigenvalue weighted by Crippen LogP contribution is 2.20. The van der Waals surface area contributed by atoms with Gasteiger partial charge in [0.2, 0.25) is 0 Å². The lowest BCUT2D eigenvalue weighted by Crippen LogP contribution is -2.11. The lowest BCUT2D eigenvalue weighted by atomic mass is 10.1. The standard InChI is InChI=1S/C8H9BrN2O2/c9-6-2-1-5(3-8(12)13)7(4-6)11-10/h1-2,4,11H,3,10H2,(H,12,13). The van der Waals surface area contributed by atoms with Gasteiger partial charge in [-0.1, -0.05) is 22.0 Å². The van der Waals surface area contributed by atoms with Gasteiger partial charge in [-0.15, -0.1) is 0 Å². The van der Waals surface area contributed by atoms with Gasteiger partial charge in [0.25, 0.3) is 0 Å². The summed E-state index contributed by atoms with van der Waals surface area (Å²) in [7, 11) is 0. The first kappa shape index (κ1) is 10.0. The van der Waals surface area contributed by atoms with E-state index in [1.807, 2.05) is 0 Å². The molecule has 0 aliphatic rings. The lowest BCUT2D eigenvalue weighted by molar-refractivity contribution is -0.136. The third kappa shape index (κ3) is 2.71. The summed E-state index contributed by atoms with van der Waals surface area (Å²) in [5.74, 6) is 4.36. The van der Waals surface area contributed by atoms with Crippen LogP contribution in [0.2, 0.25) is 0 Å².